The average Bonchev–Trinajstić information content (AvgIpc) is 2.89. The second-order valence-corrected chi connectivity index (χ2v) is 8.64. The molecule has 1 aliphatic heterocycles. The van der Waals surface area contributed by atoms with Crippen LogP contribution in [0.5, 0.6) is 0 Å². The number of nitrogen functional groups attached to an aromatic ring is 1. The van der Waals surface area contributed by atoms with E-state index in [1.807, 2.05) is 19.1 Å². The van der Waals surface area contributed by atoms with E-state index in [9.17, 15) is 14.4 Å². The fourth-order valence-electron chi connectivity index (χ4n) is 4.50. The lowest BCUT2D eigenvalue weighted by Crippen LogP contribution is -2.69. The maximum atomic E-state index is 13.6. The van der Waals surface area contributed by atoms with Gasteiger partial charge in [0.05, 0.1) is 5.92 Å². The number of nitrogens with zero attached hydrogens (tertiary/aromatic N) is 5. The third kappa shape index (κ3) is 5.03. The molecule has 3 aromatic heterocycles. The summed E-state index contributed by atoms with van der Waals surface area (Å²) in [6, 6.07) is 9.69. The van der Waals surface area contributed by atoms with Gasteiger partial charge in [0.2, 0.25) is 11.8 Å². The molecule has 4 rings (SSSR count). The normalized spacial score (nSPS) is 18.0. The summed E-state index contributed by atoms with van der Waals surface area (Å²) in [5.41, 5.74) is 8.15. The quantitative estimate of drug-likeness (QED) is 0.500. The second kappa shape index (κ2) is 10.4. The molecule has 0 aromatic carbocycles. The summed E-state index contributed by atoms with van der Waals surface area (Å²) in [6.45, 7) is 1.99. The van der Waals surface area contributed by atoms with Crippen LogP contribution in [0.1, 0.15) is 36.8 Å². The lowest BCUT2D eigenvalue weighted by atomic mass is 9.80. The Bertz CT molecular complexity index is 1200. The Hall–Kier alpha value is -4.14. The van der Waals surface area contributed by atoms with Crippen molar-refractivity contribution in [2.75, 3.05) is 17.7 Å². The van der Waals surface area contributed by atoms with E-state index >= 15 is 0 Å². The first-order valence-corrected chi connectivity index (χ1v) is 11.5. The molecule has 3 atom stereocenters. The van der Waals surface area contributed by atoms with Crippen LogP contribution in [0.2, 0.25) is 0 Å². The molecule has 0 unspecified atom stereocenters. The van der Waals surface area contributed by atoms with Gasteiger partial charge in [-0.1, -0.05) is 13.0 Å². The zero-order valence-electron chi connectivity index (χ0n) is 19.7. The van der Waals surface area contributed by atoms with Gasteiger partial charge in [0, 0.05) is 50.1 Å². The maximum absolute atomic E-state index is 13.6. The number of rotatable bonds is 8. The summed E-state index contributed by atoms with van der Waals surface area (Å²) in [6.07, 6.45) is 9.26. The number of anilines is 2. The molecule has 3 amide bonds. The van der Waals surface area contributed by atoms with Crippen molar-refractivity contribution in [3.8, 4) is 0 Å². The number of hydrogen-bond acceptors (Lipinski definition) is 7. The summed E-state index contributed by atoms with van der Waals surface area (Å²) in [7, 11) is 1.63. The molecule has 4 heterocycles. The second-order valence-electron chi connectivity index (χ2n) is 8.64. The topological polar surface area (TPSA) is 122 Å². The van der Waals surface area contributed by atoms with Crippen molar-refractivity contribution in [3.05, 3.63) is 78.5 Å². The predicted molar refractivity (Wildman–Crippen MR) is 131 cm³/mol. The van der Waals surface area contributed by atoms with Crippen molar-refractivity contribution in [3.63, 3.8) is 0 Å². The van der Waals surface area contributed by atoms with Gasteiger partial charge in [-0.2, -0.15) is 0 Å². The van der Waals surface area contributed by atoms with Crippen LogP contribution in [0.3, 0.4) is 0 Å². The number of β-lactam (4-membered cyclic amide) rings is 1. The zero-order chi connectivity index (χ0) is 24.9. The minimum atomic E-state index is -0.908. The molecule has 9 heteroatoms. The van der Waals surface area contributed by atoms with Crippen molar-refractivity contribution < 1.29 is 14.4 Å². The fraction of sp³-hybridized carbons (Fsp3) is 0.308. The summed E-state index contributed by atoms with van der Waals surface area (Å²) in [5, 5.41) is 0. The lowest BCUT2D eigenvalue weighted by Gasteiger charge is -2.46. The van der Waals surface area contributed by atoms with Crippen LogP contribution < -0.4 is 10.6 Å². The number of nitrogens with two attached hydrogens (primary N) is 1. The lowest BCUT2D eigenvalue weighted by molar-refractivity contribution is -0.170. The number of imide groups is 1. The molecular formula is C26H28N6O3. The summed E-state index contributed by atoms with van der Waals surface area (Å²) in [5.74, 6) is -1.48. The molecular weight excluding hydrogens is 444 g/mol. The van der Waals surface area contributed by atoms with Gasteiger partial charge >= 0.3 is 0 Å². The molecule has 0 spiro atoms. The van der Waals surface area contributed by atoms with E-state index in [4.69, 9.17) is 5.73 Å². The van der Waals surface area contributed by atoms with E-state index in [1.165, 1.54) is 4.90 Å². The Kier molecular flexibility index (Phi) is 7.14. The first-order valence-electron chi connectivity index (χ1n) is 11.5. The fourth-order valence-corrected chi connectivity index (χ4v) is 4.50. The van der Waals surface area contributed by atoms with Gasteiger partial charge in [-0.15, -0.1) is 0 Å². The third-order valence-corrected chi connectivity index (χ3v) is 6.49. The van der Waals surface area contributed by atoms with Crippen LogP contribution in [-0.2, 0) is 20.8 Å². The van der Waals surface area contributed by atoms with E-state index in [0.29, 0.717) is 17.9 Å². The minimum absolute atomic E-state index is 0.100. The summed E-state index contributed by atoms with van der Waals surface area (Å²) in [4.78, 5) is 54.9. The molecule has 0 bridgehead atoms. The van der Waals surface area contributed by atoms with Crippen LogP contribution in [0.25, 0.3) is 0 Å². The van der Waals surface area contributed by atoms with E-state index in [0.717, 1.165) is 16.0 Å². The highest BCUT2D eigenvalue weighted by Crippen LogP contribution is 2.35. The Morgan fingerprint density at radius 1 is 1.11 bits per heavy atom. The molecule has 0 saturated carbocycles. The zero-order valence-corrected chi connectivity index (χ0v) is 19.7. The molecule has 35 heavy (non-hydrogen) atoms. The Labute approximate surface area is 204 Å². The molecule has 3 aromatic rings. The number of amides is 3. The van der Waals surface area contributed by atoms with Crippen molar-refractivity contribution in [2.24, 2.45) is 5.92 Å². The van der Waals surface area contributed by atoms with Crippen LogP contribution in [-0.4, -0.2) is 50.7 Å². The van der Waals surface area contributed by atoms with Gasteiger partial charge in [-0.3, -0.25) is 29.3 Å². The number of likely N-dealkylation sites (N-methyl/N-ethyl adjacent to an activating group) is 1. The van der Waals surface area contributed by atoms with Gasteiger partial charge < -0.3 is 10.6 Å². The monoisotopic (exact) mass is 472 g/mol. The Morgan fingerprint density at radius 3 is 2.54 bits per heavy atom. The molecule has 0 aliphatic carbocycles. The van der Waals surface area contributed by atoms with Crippen molar-refractivity contribution in [1.29, 1.82) is 0 Å². The van der Waals surface area contributed by atoms with E-state index < -0.39 is 12.0 Å². The molecule has 1 saturated heterocycles. The predicted octanol–water partition coefficient (Wildman–Crippen LogP) is 2.60. The number of likely N-dealkylation sites (tertiary alicyclic amines) is 1. The molecule has 2 N–H and O–H groups in total. The number of carbonyl (C=O) groups is 3. The van der Waals surface area contributed by atoms with Crippen LogP contribution in [0, 0.1) is 5.92 Å². The highest BCUT2D eigenvalue weighted by atomic mass is 16.2. The third-order valence-electron chi connectivity index (χ3n) is 6.49. The molecule has 0 radical (unpaired) electrons. The van der Waals surface area contributed by atoms with Crippen molar-refractivity contribution >= 4 is 29.2 Å². The first-order chi connectivity index (χ1) is 16.9. The van der Waals surface area contributed by atoms with E-state index in [-0.39, 0.29) is 36.5 Å². The largest absolute Gasteiger partial charge is 0.384 e. The molecule has 180 valence electrons. The van der Waals surface area contributed by atoms with E-state index in [2.05, 4.69) is 15.0 Å². The summed E-state index contributed by atoms with van der Waals surface area (Å²) >= 11 is 0. The van der Waals surface area contributed by atoms with Gasteiger partial charge in [0.25, 0.3) is 5.91 Å². The van der Waals surface area contributed by atoms with Crippen LogP contribution in [0.4, 0.5) is 11.5 Å². The Balaban J connectivity index is 1.59. The maximum Gasteiger partial charge on any atom is 0.250 e. The minimum Gasteiger partial charge on any atom is -0.384 e. The number of pyridine rings is 3. The highest BCUT2D eigenvalue weighted by molar-refractivity contribution is 6.12. The van der Waals surface area contributed by atoms with Gasteiger partial charge in [-0.25, -0.2) is 4.98 Å². The average molecular weight is 473 g/mol. The SMILES string of the molecule is CC[C@@H](CC(=O)N1C(=O)[C@H](Cc2ccnc(N)c2)[C@H]1C(=O)N(C)c1ccncc1)c1cccnc1. The molecule has 9 nitrogen and oxygen atoms in total. The van der Waals surface area contributed by atoms with Crippen LogP contribution in [0.15, 0.2) is 67.4 Å². The van der Waals surface area contributed by atoms with Gasteiger partial charge in [0.1, 0.15) is 11.9 Å². The Morgan fingerprint density at radius 2 is 1.89 bits per heavy atom. The standard InChI is InChI=1S/C26H28N6O3/c1-3-18(19-5-4-9-29-16-19)15-23(33)32-24(26(35)31(2)20-7-10-28-11-8-20)21(25(32)34)13-17-6-12-30-22(27)14-17/h4-12,14,16,18,21,24H,3,13,15H2,1-2H3,(H2,27,30)/t18-,21+,24-/m0/s1. The van der Waals surface area contributed by atoms with Crippen molar-refractivity contribution in [2.45, 2.75) is 38.1 Å². The smallest absolute Gasteiger partial charge is 0.250 e. The number of hydrogen-bond donors (Lipinski definition) is 1. The molecule has 1 fully saturated rings. The summed E-state index contributed by atoms with van der Waals surface area (Å²) < 4.78 is 0. The first kappa shape index (κ1) is 24.0. The van der Waals surface area contributed by atoms with E-state index in [1.54, 1.807) is 62.3 Å². The highest BCUT2D eigenvalue weighted by Gasteiger charge is 2.55. The van der Waals surface area contributed by atoms with Crippen molar-refractivity contribution in [1.82, 2.24) is 19.9 Å². The number of aromatic nitrogens is 3. The van der Waals surface area contributed by atoms with Gasteiger partial charge in [-0.05, 0) is 60.2 Å². The molecule has 1 aliphatic rings. The number of carbonyl (C=O) groups excluding carboxylic acids is 3. The van der Waals surface area contributed by atoms with Gasteiger partial charge in [0.15, 0.2) is 0 Å². The van der Waals surface area contributed by atoms with Crippen LogP contribution >= 0.6 is 0 Å².